The van der Waals surface area contributed by atoms with Crippen molar-refractivity contribution in [2.24, 2.45) is 11.8 Å². The van der Waals surface area contributed by atoms with E-state index in [1.54, 1.807) is 7.11 Å². The van der Waals surface area contributed by atoms with Gasteiger partial charge in [0.25, 0.3) is 5.91 Å². The Morgan fingerprint density at radius 2 is 1.97 bits per heavy atom. The number of nitrogens with one attached hydrogen (secondary N) is 2. The molecule has 1 aromatic heterocycles. The van der Waals surface area contributed by atoms with Crippen molar-refractivity contribution in [3.8, 4) is 5.75 Å². The van der Waals surface area contributed by atoms with Gasteiger partial charge in [-0.15, -0.1) is 12.4 Å². The van der Waals surface area contributed by atoms with Crippen molar-refractivity contribution in [3.05, 3.63) is 65.4 Å². The molecule has 2 N–H and O–H groups in total. The fourth-order valence-electron chi connectivity index (χ4n) is 5.02. The Hall–Kier alpha value is -2.50. The van der Waals surface area contributed by atoms with Crippen LogP contribution in [0.1, 0.15) is 27.7 Å². The molecule has 0 radical (unpaired) electrons. The molecule has 5 rings (SSSR count). The molecule has 2 aromatic carbocycles. The number of hydrogen-bond acceptors (Lipinski definition) is 3. The van der Waals surface area contributed by atoms with Crippen molar-refractivity contribution in [2.75, 3.05) is 26.7 Å². The summed E-state index contributed by atoms with van der Waals surface area (Å²) in [5.74, 6) is 1.82. The Labute approximate surface area is 176 Å². The van der Waals surface area contributed by atoms with E-state index in [1.165, 1.54) is 11.1 Å². The maximum absolute atomic E-state index is 13.6. The normalized spacial score (nSPS) is 23.1. The van der Waals surface area contributed by atoms with Crippen molar-refractivity contribution in [2.45, 2.75) is 13.0 Å². The molecule has 152 valence electrons. The molecule has 0 unspecified atom stereocenters. The van der Waals surface area contributed by atoms with E-state index in [2.05, 4.69) is 46.4 Å². The quantitative estimate of drug-likeness (QED) is 0.686. The van der Waals surface area contributed by atoms with Gasteiger partial charge >= 0.3 is 0 Å². The van der Waals surface area contributed by atoms with Crippen molar-refractivity contribution in [3.63, 3.8) is 0 Å². The zero-order valence-electron chi connectivity index (χ0n) is 16.6. The topological polar surface area (TPSA) is 57.4 Å². The lowest BCUT2D eigenvalue weighted by Gasteiger charge is -2.29. The Morgan fingerprint density at radius 3 is 2.76 bits per heavy atom. The number of amides is 1. The predicted molar refractivity (Wildman–Crippen MR) is 117 cm³/mol. The highest BCUT2D eigenvalue weighted by atomic mass is 35.5. The minimum absolute atomic E-state index is 0. The minimum Gasteiger partial charge on any atom is -0.496 e. The summed E-state index contributed by atoms with van der Waals surface area (Å²) in [7, 11) is 1.66. The van der Waals surface area contributed by atoms with Crippen LogP contribution in [0.5, 0.6) is 5.75 Å². The van der Waals surface area contributed by atoms with Crippen LogP contribution in [0.2, 0.25) is 0 Å². The van der Waals surface area contributed by atoms with Crippen LogP contribution in [0.25, 0.3) is 10.9 Å². The van der Waals surface area contributed by atoms with Gasteiger partial charge in [0.15, 0.2) is 0 Å². The number of carbonyl (C=O) groups is 1. The van der Waals surface area contributed by atoms with Crippen LogP contribution in [-0.4, -0.2) is 42.5 Å². The van der Waals surface area contributed by atoms with Crippen LogP contribution < -0.4 is 10.1 Å². The van der Waals surface area contributed by atoms with E-state index in [-0.39, 0.29) is 24.4 Å². The SMILES string of the molecule is COc1cccc2[nH]c(C(=O)N3C[C@@H]4CNC[C@@H]4[C@H]3c3ccccc3C)cc12.Cl. The van der Waals surface area contributed by atoms with E-state index in [0.717, 1.165) is 36.3 Å². The molecule has 29 heavy (non-hydrogen) atoms. The maximum atomic E-state index is 13.6. The average Bonchev–Trinajstić information content (AvgIpc) is 3.41. The molecule has 0 spiro atoms. The summed E-state index contributed by atoms with van der Waals surface area (Å²) in [5.41, 5.74) is 4.07. The predicted octanol–water partition coefficient (Wildman–Crippen LogP) is 3.94. The largest absolute Gasteiger partial charge is 0.496 e. The van der Waals surface area contributed by atoms with Gasteiger partial charge in [-0.3, -0.25) is 4.79 Å². The molecule has 3 atom stereocenters. The highest BCUT2D eigenvalue weighted by molar-refractivity contribution is 6.00. The monoisotopic (exact) mass is 411 g/mol. The zero-order chi connectivity index (χ0) is 19.3. The van der Waals surface area contributed by atoms with E-state index in [0.29, 0.717) is 17.5 Å². The molecule has 3 heterocycles. The number of aromatic amines is 1. The van der Waals surface area contributed by atoms with Gasteiger partial charge in [-0.25, -0.2) is 0 Å². The summed E-state index contributed by atoms with van der Waals surface area (Å²) in [6.07, 6.45) is 0. The fourth-order valence-corrected chi connectivity index (χ4v) is 5.02. The Bertz CT molecular complexity index is 1050. The van der Waals surface area contributed by atoms with Crippen molar-refractivity contribution in [1.82, 2.24) is 15.2 Å². The van der Waals surface area contributed by atoms with Gasteiger partial charge in [0.1, 0.15) is 11.4 Å². The van der Waals surface area contributed by atoms with Crippen LogP contribution in [-0.2, 0) is 0 Å². The maximum Gasteiger partial charge on any atom is 0.270 e. The number of rotatable bonds is 3. The minimum atomic E-state index is 0. The molecule has 5 nitrogen and oxygen atoms in total. The molecular weight excluding hydrogens is 386 g/mol. The number of halogens is 1. The lowest BCUT2D eigenvalue weighted by Crippen LogP contribution is -2.35. The number of benzene rings is 2. The second kappa shape index (κ2) is 7.73. The molecule has 0 aliphatic carbocycles. The molecular formula is C23H26ClN3O2. The Kier molecular flexibility index (Phi) is 5.28. The lowest BCUT2D eigenvalue weighted by atomic mass is 9.87. The Balaban J connectivity index is 0.00000205. The summed E-state index contributed by atoms with van der Waals surface area (Å²) in [4.78, 5) is 19.0. The number of likely N-dealkylation sites (tertiary alicyclic amines) is 1. The third-order valence-corrected chi connectivity index (χ3v) is 6.41. The number of fused-ring (bicyclic) bond motifs is 2. The van der Waals surface area contributed by atoms with E-state index < -0.39 is 0 Å². The third-order valence-electron chi connectivity index (χ3n) is 6.41. The van der Waals surface area contributed by atoms with Crippen molar-refractivity contribution < 1.29 is 9.53 Å². The second-order valence-corrected chi connectivity index (χ2v) is 7.95. The molecule has 2 aliphatic rings. The first kappa shape index (κ1) is 19.8. The van der Waals surface area contributed by atoms with E-state index in [1.807, 2.05) is 24.3 Å². The zero-order valence-corrected chi connectivity index (χ0v) is 17.5. The first-order valence-electron chi connectivity index (χ1n) is 9.90. The molecule has 2 aliphatic heterocycles. The van der Waals surface area contributed by atoms with Crippen LogP contribution in [0.3, 0.4) is 0 Å². The first-order valence-corrected chi connectivity index (χ1v) is 9.90. The Morgan fingerprint density at radius 1 is 1.14 bits per heavy atom. The fraction of sp³-hybridized carbons (Fsp3) is 0.348. The van der Waals surface area contributed by atoms with Crippen LogP contribution >= 0.6 is 12.4 Å². The molecule has 2 fully saturated rings. The van der Waals surface area contributed by atoms with E-state index in [4.69, 9.17) is 4.74 Å². The second-order valence-electron chi connectivity index (χ2n) is 7.95. The standard InChI is InChI=1S/C23H25N3O2.ClH/c1-14-6-3-4-7-16(14)22-18-12-24-11-15(18)13-26(22)23(27)20-10-17-19(25-20)8-5-9-21(17)28-2;/h3-10,15,18,22,24-25H,11-13H2,1-2H3;1H/t15-,18-,22+;/m0./s1. The van der Waals surface area contributed by atoms with Crippen LogP contribution in [0, 0.1) is 18.8 Å². The number of methoxy groups -OCH3 is 1. The van der Waals surface area contributed by atoms with Gasteiger partial charge < -0.3 is 19.9 Å². The van der Waals surface area contributed by atoms with E-state index >= 15 is 0 Å². The third kappa shape index (κ3) is 3.18. The summed E-state index contributed by atoms with van der Waals surface area (Å²) in [6, 6.07) is 16.3. The summed E-state index contributed by atoms with van der Waals surface area (Å²) < 4.78 is 5.46. The van der Waals surface area contributed by atoms with Gasteiger partial charge in [0.05, 0.1) is 13.2 Å². The number of carbonyl (C=O) groups excluding carboxylic acids is 1. The highest BCUT2D eigenvalue weighted by Gasteiger charge is 2.47. The van der Waals surface area contributed by atoms with Gasteiger partial charge in [0.2, 0.25) is 0 Å². The number of aryl methyl sites for hydroxylation is 1. The highest BCUT2D eigenvalue weighted by Crippen LogP contribution is 2.44. The van der Waals surface area contributed by atoms with Gasteiger partial charge in [-0.2, -0.15) is 0 Å². The average molecular weight is 412 g/mol. The summed E-state index contributed by atoms with van der Waals surface area (Å²) >= 11 is 0. The van der Waals surface area contributed by atoms with Crippen LogP contribution in [0.15, 0.2) is 48.5 Å². The smallest absolute Gasteiger partial charge is 0.270 e. The molecule has 0 bridgehead atoms. The van der Waals surface area contributed by atoms with Crippen LogP contribution in [0.4, 0.5) is 0 Å². The first-order chi connectivity index (χ1) is 13.7. The van der Waals surface area contributed by atoms with Gasteiger partial charge in [0, 0.05) is 36.5 Å². The summed E-state index contributed by atoms with van der Waals surface area (Å²) in [6.45, 7) is 4.88. The molecule has 0 saturated carbocycles. The molecule has 6 heteroatoms. The van der Waals surface area contributed by atoms with Gasteiger partial charge in [-0.1, -0.05) is 30.3 Å². The molecule has 2 saturated heterocycles. The molecule has 3 aromatic rings. The number of H-pyrrole nitrogens is 1. The number of ether oxygens (including phenoxy) is 1. The lowest BCUT2D eigenvalue weighted by molar-refractivity contribution is 0.0708. The van der Waals surface area contributed by atoms with E-state index in [9.17, 15) is 4.79 Å². The number of aromatic nitrogens is 1. The molecule has 1 amide bonds. The van der Waals surface area contributed by atoms with Crippen molar-refractivity contribution >= 4 is 29.2 Å². The number of hydrogen-bond donors (Lipinski definition) is 2. The van der Waals surface area contributed by atoms with Gasteiger partial charge in [-0.05, 0) is 42.2 Å². The summed E-state index contributed by atoms with van der Waals surface area (Å²) in [5, 5.41) is 4.46. The number of nitrogens with zero attached hydrogens (tertiary/aromatic N) is 1. The van der Waals surface area contributed by atoms with Crippen molar-refractivity contribution in [1.29, 1.82) is 0 Å².